The summed E-state index contributed by atoms with van der Waals surface area (Å²) in [4.78, 5) is 11.9. The number of hydrogen-bond acceptors (Lipinski definition) is 4. The topological polar surface area (TPSA) is 38.3 Å². The molecule has 0 aromatic heterocycles. The molecule has 1 aromatic carbocycles. The van der Waals surface area contributed by atoms with Gasteiger partial charge in [0.05, 0.1) is 12.0 Å². The van der Waals surface area contributed by atoms with E-state index >= 15 is 0 Å². The Morgan fingerprint density at radius 1 is 1.53 bits per heavy atom. The van der Waals surface area contributed by atoms with Crippen molar-refractivity contribution in [3.8, 4) is 5.75 Å². The standard InChI is InChI=1S/C11H8FNO2S2/c1-15-9-6(3-2-4-7(9)12)5-8-10(14)13-11(16)17-8/h2-5H,1H3,(H,13,14,16)/b8-5-. The number of para-hydroxylation sites is 1. The smallest absolute Gasteiger partial charge is 0.263 e. The molecule has 0 bridgehead atoms. The summed E-state index contributed by atoms with van der Waals surface area (Å²) in [5.74, 6) is -0.620. The van der Waals surface area contributed by atoms with Crippen LogP contribution in [-0.2, 0) is 4.79 Å². The van der Waals surface area contributed by atoms with E-state index < -0.39 is 5.82 Å². The molecule has 0 unspecified atom stereocenters. The maximum Gasteiger partial charge on any atom is 0.263 e. The third-order valence-electron chi connectivity index (χ3n) is 2.13. The third kappa shape index (κ3) is 2.48. The fourth-order valence-electron chi connectivity index (χ4n) is 1.42. The number of benzene rings is 1. The van der Waals surface area contributed by atoms with Crippen molar-refractivity contribution in [2.75, 3.05) is 7.11 Å². The molecule has 1 amide bonds. The number of halogens is 1. The van der Waals surface area contributed by atoms with E-state index in [1.807, 2.05) is 0 Å². The van der Waals surface area contributed by atoms with Crippen molar-refractivity contribution in [1.82, 2.24) is 5.32 Å². The number of amides is 1. The van der Waals surface area contributed by atoms with Gasteiger partial charge in [-0.1, -0.05) is 36.1 Å². The summed E-state index contributed by atoms with van der Waals surface area (Å²) >= 11 is 6.01. The van der Waals surface area contributed by atoms with Crippen LogP contribution in [0.3, 0.4) is 0 Å². The highest BCUT2D eigenvalue weighted by Crippen LogP contribution is 2.30. The van der Waals surface area contributed by atoms with E-state index in [1.165, 1.54) is 13.2 Å². The molecule has 1 fully saturated rings. The molecule has 0 atom stereocenters. The number of methoxy groups -OCH3 is 1. The number of nitrogens with one attached hydrogen (secondary N) is 1. The second-order valence-corrected chi connectivity index (χ2v) is 4.93. The monoisotopic (exact) mass is 269 g/mol. The quantitative estimate of drug-likeness (QED) is 0.660. The van der Waals surface area contributed by atoms with Crippen LogP contribution in [0.25, 0.3) is 6.08 Å². The summed E-state index contributed by atoms with van der Waals surface area (Å²) in [6.07, 6.45) is 1.56. The van der Waals surface area contributed by atoms with Gasteiger partial charge in [-0.2, -0.15) is 0 Å². The third-order valence-corrected chi connectivity index (χ3v) is 3.29. The minimum atomic E-state index is -0.465. The molecule has 1 heterocycles. The lowest BCUT2D eigenvalue weighted by atomic mass is 10.1. The second-order valence-electron chi connectivity index (χ2n) is 3.21. The summed E-state index contributed by atoms with van der Waals surface area (Å²) < 4.78 is 18.8. The molecule has 3 nitrogen and oxygen atoms in total. The van der Waals surface area contributed by atoms with Crippen LogP contribution in [0.5, 0.6) is 5.75 Å². The summed E-state index contributed by atoms with van der Waals surface area (Å²) in [5, 5.41) is 2.49. The average Bonchev–Trinajstić information content (AvgIpc) is 2.58. The molecule has 1 saturated heterocycles. The molecule has 17 heavy (non-hydrogen) atoms. The molecule has 0 radical (unpaired) electrons. The van der Waals surface area contributed by atoms with Crippen LogP contribution in [-0.4, -0.2) is 17.3 Å². The average molecular weight is 269 g/mol. The second kappa shape index (κ2) is 4.85. The van der Waals surface area contributed by atoms with Gasteiger partial charge in [-0.25, -0.2) is 4.39 Å². The molecule has 1 aromatic rings. The van der Waals surface area contributed by atoms with Gasteiger partial charge in [-0.15, -0.1) is 0 Å². The lowest BCUT2D eigenvalue weighted by molar-refractivity contribution is -0.115. The summed E-state index contributed by atoms with van der Waals surface area (Å²) in [6, 6.07) is 4.53. The fraction of sp³-hybridized carbons (Fsp3) is 0.0909. The van der Waals surface area contributed by atoms with E-state index in [-0.39, 0.29) is 11.7 Å². The highest BCUT2D eigenvalue weighted by Gasteiger charge is 2.22. The van der Waals surface area contributed by atoms with Crippen LogP contribution in [0.1, 0.15) is 5.56 Å². The molecule has 1 N–H and O–H groups in total. The van der Waals surface area contributed by atoms with Gasteiger partial charge in [0, 0.05) is 5.56 Å². The van der Waals surface area contributed by atoms with Crippen molar-refractivity contribution < 1.29 is 13.9 Å². The number of thiocarbonyl (C=S) groups is 1. The summed E-state index contributed by atoms with van der Waals surface area (Å²) in [7, 11) is 1.38. The number of thioether (sulfide) groups is 1. The Morgan fingerprint density at radius 2 is 2.29 bits per heavy atom. The van der Waals surface area contributed by atoms with E-state index in [4.69, 9.17) is 17.0 Å². The molecule has 0 saturated carbocycles. The number of ether oxygens (including phenoxy) is 1. The lowest BCUT2D eigenvalue weighted by Gasteiger charge is -2.05. The van der Waals surface area contributed by atoms with Crippen molar-refractivity contribution >= 4 is 40.3 Å². The van der Waals surface area contributed by atoms with Crippen molar-refractivity contribution in [1.29, 1.82) is 0 Å². The van der Waals surface area contributed by atoms with E-state index in [0.29, 0.717) is 14.8 Å². The minimum Gasteiger partial charge on any atom is -0.493 e. The summed E-state index contributed by atoms with van der Waals surface area (Å²) in [5.41, 5.74) is 0.509. The molecule has 0 spiro atoms. The number of hydrogen-bond donors (Lipinski definition) is 1. The van der Waals surface area contributed by atoms with Crippen molar-refractivity contribution in [3.05, 3.63) is 34.5 Å². The maximum absolute atomic E-state index is 13.4. The van der Waals surface area contributed by atoms with Gasteiger partial charge in [-0.05, 0) is 12.1 Å². The van der Waals surface area contributed by atoms with Gasteiger partial charge >= 0.3 is 0 Å². The van der Waals surface area contributed by atoms with Crippen molar-refractivity contribution in [2.45, 2.75) is 0 Å². The van der Waals surface area contributed by atoms with Crippen LogP contribution in [0.15, 0.2) is 23.1 Å². The summed E-state index contributed by atoms with van der Waals surface area (Å²) in [6.45, 7) is 0. The van der Waals surface area contributed by atoms with E-state index in [1.54, 1.807) is 18.2 Å². The zero-order chi connectivity index (χ0) is 12.4. The van der Waals surface area contributed by atoms with Crippen LogP contribution in [0.4, 0.5) is 4.39 Å². The molecule has 1 aliphatic heterocycles. The Hall–Kier alpha value is -1.40. The van der Waals surface area contributed by atoms with E-state index in [9.17, 15) is 9.18 Å². The molecule has 6 heteroatoms. The number of rotatable bonds is 2. The largest absolute Gasteiger partial charge is 0.493 e. The van der Waals surface area contributed by atoms with Crippen LogP contribution in [0.2, 0.25) is 0 Å². The normalized spacial score (nSPS) is 17.4. The first-order chi connectivity index (χ1) is 8.11. The van der Waals surface area contributed by atoms with Crippen molar-refractivity contribution in [3.63, 3.8) is 0 Å². The van der Waals surface area contributed by atoms with Gasteiger partial charge < -0.3 is 10.1 Å². The molecule has 1 aliphatic rings. The lowest BCUT2D eigenvalue weighted by Crippen LogP contribution is -2.17. The molecule has 88 valence electrons. The Morgan fingerprint density at radius 3 is 2.88 bits per heavy atom. The minimum absolute atomic E-state index is 0.117. The number of carbonyl (C=O) groups excluding carboxylic acids is 1. The molecular formula is C11H8FNO2S2. The van der Waals surface area contributed by atoms with Crippen LogP contribution >= 0.6 is 24.0 Å². The predicted octanol–water partition coefficient (Wildman–Crippen LogP) is 2.32. The predicted molar refractivity (Wildman–Crippen MR) is 69.3 cm³/mol. The van der Waals surface area contributed by atoms with Gasteiger partial charge in [0.2, 0.25) is 0 Å². The van der Waals surface area contributed by atoms with Crippen LogP contribution in [0, 0.1) is 5.82 Å². The van der Waals surface area contributed by atoms with Gasteiger partial charge in [0.15, 0.2) is 11.6 Å². The van der Waals surface area contributed by atoms with Gasteiger partial charge in [0.25, 0.3) is 5.91 Å². The zero-order valence-corrected chi connectivity index (χ0v) is 10.5. The van der Waals surface area contributed by atoms with E-state index in [2.05, 4.69) is 5.32 Å². The molecule has 2 rings (SSSR count). The SMILES string of the molecule is COc1c(F)cccc1/C=C1\SC(=S)NC1=O. The highest BCUT2D eigenvalue weighted by molar-refractivity contribution is 8.26. The Bertz CT molecular complexity index is 528. The first-order valence-electron chi connectivity index (χ1n) is 4.69. The van der Waals surface area contributed by atoms with Gasteiger partial charge in [0.1, 0.15) is 4.32 Å². The molecule has 0 aliphatic carbocycles. The first kappa shape index (κ1) is 12.1. The Balaban J connectivity index is 2.42. The van der Waals surface area contributed by atoms with E-state index in [0.717, 1.165) is 11.8 Å². The van der Waals surface area contributed by atoms with Crippen molar-refractivity contribution in [2.24, 2.45) is 0 Å². The maximum atomic E-state index is 13.4. The zero-order valence-electron chi connectivity index (χ0n) is 8.82. The fourth-order valence-corrected chi connectivity index (χ4v) is 2.45. The van der Waals surface area contributed by atoms with Gasteiger partial charge in [-0.3, -0.25) is 4.79 Å². The Kier molecular flexibility index (Phi) is 3.44. The first-order valence-corrected chi connectivity index (χ1v) is 5.91. The van der Waals surface area contributed by atoms with Crippen LogP contribution < -0.4 is 10.1 Å². The highest BCUT2D eigenvalue weighted by atomic mass is 32.2. The number of carbonyl (C=O) groups is 1. The Labute approximate surface area is 107 Å². The molecular weight excluding hydrogens is 261 g/mol.